The third-order valence-corrected chi connectivity index (χ3v) is 4.02. The molecule has 2 unspecified atom stereocenters. The summed E-state index contributed by atoms with van der Waals surface area (Å²) in [5, 5.41) is 3.45. The fourth-order valence-electron chi connectivity index (χ4n) is 2.35. The first-order valence-electron chi connectivity index (χ1n) is 6.80. The summed E-state index contributed by atoms with van der Waals surface area (Å²) < 4.78 is 0. The fraction of sp³-hybridized carbons (Fsp3) is 0.923. The Morgan fingerprint density at radius 3 is 2.71 bits per heavy atom. The second-order valence-electron chi connectivity index (χ2n) is 4.66. The van der Waals surface area contributed by atoms with Crippen LogP contribution in [0.3, 0.4) is 0 Å². The number of carbonyl (C=O) groups is 1. The summed E-state index contributed by atoms with van der Waals surface area (Å²) in [5.74, 6) is 1.51. The van der Waals surface area contributed by atoms with Crippen molar-refractivity contribution in [3.8, 4) is 0 Å². The van der Waals surface area contributed by atoms with Gasteiger partial charge in [0.05, 0.1) is 12.2 Å². The summed E-state index contributed by atoms with van der Waals surface area (Å²) in [6.45, 7) is 5.18. The summed E-state index contributed by atoms with van der Waals surface area (Å²) >= 11 is 1.88. The molecule has 1 N–H and O–H groups in total. The number of hydrogen-bond donors (Lipinski definition) is 1. The smallest absolute Gasteiger partial charge is 0.241 e. The number of nitrogens with zero attached hydrogens (tertiary/aromatic N) is 1. The van der Waals surface area contributed by atoms with Gasteiger partial charge in [-0.3, -0.25) is 10.1 Å². The Balaban J connectivity index is 2.43. The lowest BCUT2D eigenvalue weighted by atomic mass is 10.2. The van der Waals surface area contributed by atoms with E-state index in [0.717, 1.165) is 32.2 Å². The summed E-state index contributed by atoms with van der Waals surface area (Å²) in [6.07, 6.45) is 7.86. The van der Waals surface area contributed by atoms with E-state index in [1.165, 1.54) is 12.2 Å². The van der Waals surface area contributed by atoms with Gasteiger partial charge in [-0.2, -0.15) is 11.8 Å². The first-order chi connectivity index (χ1) is 8.24. The second kappa shape index (κ2) is 7.98. The molecule has 0 spiro atoms. The predicted molar refractivity (Wildman–Crippen MR) is 75.2 cm³/mol. The molecular formula is C13H26N2OS. The minimum atomic E-state index is 0.0621. The maximum atomic E-state index is 12.1. The third kappa shape index (κ3) is 4.18. The SMILES string of the molecule is CCCC1NC(CC)C(=O)N1CCCCSC. The molecular weight excluding hydrogens is 232 g/mol. The van der Waals surface area contributed by atoms with Gasteiger partial charge < -0.3 is 4.90 Å². The van der Waals surface area contributed by atoms with E-state index < -0.39 is 0 Å². The van der Waals surface area contributed by atoms with E-state index in [9.17, 15) is 4.79 Å². The molecule has 1 aliphatic heterocycles. The van der Waals surface area contributed by atoms with Gasteiger partial charge in [0, 0.05) is 6.54 Å². The third-order valence-electron chi connectivity index (χ3n) is 3.32. The molecule has 0 saturated carbocycles. The molecule has 1 amide bonds. The van der Waals surface area contributed by atoms with Gasteiger partial charge >= 0.3 is 0 Å². The summed E-state index contributed by atoms with van der Waals surface area (Å²) in [5.41, 5.74) is 0. The first kappa shape index (κ1) is 14.8. The molecule has 4 heteroatoms. The van der Waals surface area contributed by atoms with Gasteiger partial charge in [0.15, 0.2) is 0 Å². The number of carbonyl (C=O) groups excluding carboxylic acids is 1. The molecule has 1 saturated heterocycles. The van der Waals surface area contributed by atoms with Crippen molar-refractivity contribution in [2.24, 2.45) is 0 Å². The summed E-state index contributed by atoms with van der Waals surface area (Å²) in [6, 6.07) is 0.0621. The first-order valence-corrected chi connectivity index (χ1v) is 8.19. The van der Waals surface area contributed by atoms with Crippen LogP contribution in [0.1, 0.15) is 46.0 Å². The van der Waals surface area contributed by atoms with E-state index in [1.807, 2.05) is 11.8 Å². The highest BCUT2D eigenvalue weighted by atomic mass is 32.2. The number of rotatable bonds is 8. The van der Waals surface area contributed by atoms with E-state index in [1.54, 1.807) is 0 Å². The Labute approximate surface area is 110 Å². The van der Waals surface area contributed by atoms with E-state index >= 15 is 0 Å². The van der Waals surface area contributed by atoms with Crippen LogP contribution in [0.5, 0.6) is 0 Å². The Bertz CT molecular complexity index is 235. The molecule has 1 fully saturated rings. The van der Waals surface area contributed by atoms with Crippen LogP contribution in [0.15, 0.2) is 0 Å². The molecule has 0 radical (unpaired) electrons. The van der Waals surface area contributed by atoms with E-state index in [0.29, 0.717) is 5.91 Å². The molecule has 1 rings (SSSR count). The van der Waals surface area contributed by atoms with Crippen LogP contribution in [-0.4, -0.2) is 41.6 Å². The van der Waals surface area contributed by atoms with Gasteiger partial charge in [0.2, 0.25) is 5.91 Å². The summed E-state index contributed by atoms with van der Waals surface area (Å²) in [4.78, 5) is 14.2. The lowest BCUT2D eigenvalue weighted by Crippen LogP contribution is -2.37. The normalized spacial score (nSPS) is 24.6. The molecule has 2 atom stereocenters. The van der Waals surface area contributed by atoms with Crippen molar-refractivity contribution >= 4 is 17.7 Å². The number of unbranched alkanes of at least 4 members (excludes halogenated alkanes) is 1. The molecule has 17 heavy (non-hydrogen) atoms. The lowest BCUT2D eigenvalue weighted by Gasteiger charge is -2.23. The van der Waals surface area contributed by atoms with Crippen molar-refractivity contribution in [2.45, 2.75) is 58.2 Å². The maximum absolute atomic E-state index is 12.1. The monoisotopic (exact) mass is 258 g/mol. The van der Waals surface area contributed by atoms with E-state index in [-0.39, 0.29) is 12.2 Å². The van der Waals surface area contributed by atoms with Crippen LogP contribution >= 0.6 is 11.8 Å². The molecule has 3 nitrogen and oxygen atoms in total. The standard InChI is InChI=1S/C13H26N2OS/c1-4-8-12-14-11(5-2)13(16)15(12)9-6-7-10-17-3/h11-12,14H,4-10H2,1-3H3. The Kier molecular flexibility index (Phi) is 6.97. The zero-order chi connectivity index (χ0) is 12.7. The zero-order valence-electron chi connectivity index (χ0n) is 11.4. The number of amides is 1. The minimum absolute atomic E-state index is 0.0621. The van der Waals surface area contributed by atoms with Crippen molar-refractivity contribution < 1.29 is 4.79 Å². The fourth-order valence-corrected chi connectivity index (χ4v) is 2.84. The van der Waals surface area contributed by atoms with Crippen LogP contribution < -0.4 is 5.32 Å². The Morgan fingerprint density at radius 1 is 1.35 bits per heavy atom. The van der Waals surface area contributed by atoms with E-state index in [2.05, 4.69) is 30.3 Å². The highest BCUT2D eigenvalue weighted by Gasteiger charge is 2.36. The molecule has 1 heterocycles. The van der Waals surface area contributed by atoms with Gasteiger partial charge in [-0.25, -0.2) is 0 Å². The average molecular weight is 258 g/mol. The van der Waals surface area contributed by atoms with Gasteiger partial charge in [0.1, 0.15) is 0 Å². The van der Waals surface area contributed by atoms with Crippen molar-refractivity contribution in [3.63, 3.8) is 0 Å². The molecule has 0 aliphatic carbocycles. The molecule has 1 aliphatic rings. The highest BCUT2D eigenvalue weighted by molar-refractivity contribution is 7.98. The number of hydrogen-bond acceptors (Lipinski definition) is 3. The zero-order valence-corrected chi connectivity index (χ0v) is 12.2. The van der Waals surface area contributed by atoms with Crippen LogP contribution in [0, 0.1) is 0 Å². The highest BCUT2D eigenvalue weighted by Crippen LogP contribution is 2.17. The van der Waals surface area contributed by atoms with Gasteiger partial charge in [0.25, 0.3) is 0 Å². The van der Waals surface area contributed by atoms with Crippen molar-refractivity contribution in [3.05, 3.63) is 0 Å². The van der Waals surface area contributed by atoms with Gasteiger partial charge in [-0.1, -0.05) is 20.3 Å². The maximum Gasteiger partial charge on any atom is 0.241 e. The molecule has 0 bridgehead atoms. The largest absolute Gasteiger partial charge is 0.326 e. The second-order valence-corrected chi connectivity index (χ2v) is 5.65. The van der Waals surface area contributed by atoms with Crippen LogP contribution in [0.25, 0.3) is 0 Å². The minimum Gasteiger partial charge on any atom is -0.326 e. The topological polar surface area (TPSA) is 32.3 Å². The van der Waals surface area contributed by atoms with Crippen molar-refractivity contribution in [2.75, 3.05) is 18.6 Å². The molecule has 0 aromatic rings. The molecule has 0 aromatic carbocycles. The van der Waals surface area contributed by atoms with Crippen LogP contribution in [-0.2, 0) is 4.79 Å². The lowest BCUT2D eigenvalue weighted by molar-refractivity contribution is -0.130. The van der Waals surface area contributed by atoms with Gasteiger partial charge in [-0.05, 0) is 37.7 Å². The predicted octanol–water partition coefficient (Wildman–Crippen LogP) is 2.47. The average Bonchev–Trinajstić information content (AvgIpc) is 2.62. The van der Waals surface area contributed by atoms with E-state index in [4.69, 9.17) is 0 Å². The summed E-state index contributed by atoms with van der Waals surface area (Å²) in [7, 11) is 0. The quantitative estimate of drug-likeness (QED) is 0.679. The number of nitrogens with one attached hydrogen (secondary N) is 1. The van der Waals surface area contributed by atoms with Crippen molar-refractivity contribution in [1.29, 1.82) is 0 Å². The van der Waals surface area contributed by atoms with Crippen LogP contribution in [0.4, 0.5) is 0 Å². The van der Waals surface area contributed by atoms with Crippen LogP contribution in [0.2, 0.25) is 0 Å². The molecule has 100 valence electrons. The Morgan fingerprint density at radius 2 is 2.12 bits per heavy atom. The Hall–Kier alpha value is -0.220. The number of thioether (sulfide) groups is 1. The molecule has 0 aromatic heterocycles. The van der Waals surface area contributed by atoms with Gasteiger partial charge in [-0.15, -0.1) is 0 Å². The van der Waals surface area contributed by atoms with Crippen molar-refractivity contribution in [1.82, 2.24) is 10.2 Å².